The van der Waals surface area contributed by atoms with Crippen LogP contribution in [0.25, 0.3) is 22.5 Å². The molecular weight excluding hydrogens is 404 g/mol. The largest absolute Gasteiger partial charge is 0.455 e. The molecule has 0 aliphatic heterocycles. The molecule has 6 nitrogen and oxygen atoms in total. The molecule has 32 heavy (non-hydrogen) atoms. The van der Waals surface area contributed by atoms with Gasteiger partial charge in [0, 0.05) is 11.1 Å². The molecule has 0 radical (unpaired) electrons. The second-order valence-corrected chi connectivity index (χ2v) is 9.36. The van der Waals surface area contributed by atoms with Crippen LogP contribution in [-0.4, -0.2) is 33.1 Å². The van der Waals surface area contributed by atoms with Crippen molar-refractivity contribution in [2.24, 2.45) is 0 Å². The number of hydrogen-bond acceptors (Lipinski definition) is 6. The molecule has 6 heteroatoms. The van der Waals surface area contributed by atoms with Gasteiger partial charge in [0.2, 0.25) is 0 Å². The Kier molecular flexibility index (Phi) is 6.44. The molecule has 1 heterocycles. The molecule has 0 fully saturated rings. The minimum absolute atomic E-state index is 0.0147. The van der Waals surface area contributed by atoms with E-state index in [1.54, 1.807) is 53.7 Å². The predicted octanol–water partition coefficient (Wildman–Crippen LogP) is 5.72. The Morgan fingerprint density at radius 1 is 0.625 bits per heavy atom. The zero-order valence-electron chi connectivity index (χ0n) is 19.3. The van der Waals surface area contributed by atoms with Crippen molar-refractivity contribution in [1.29, 1.82) is 0 Å². The van der Waals surface area contributed by atoms with E-state index in [2.05, 4.69) is 9.97 Å². The highest BCUT2D eigenvalue weighted by molar-refractivity contribution is 6.04. The first kappa shape index (κ1) is 23.1. The number of aromatic nitrogens is 2. The van der Waals surface area contributed by atoms with Gasteiger partial charge in [-0.15, -0.1) is 0 Å². The lowest BCUT2D eigenvalue weighted by Crippen LogP contribution is -2.28. The molecule has 2 aromatic carbocycles. The third-order valence-electron chi connectivity index (χ3n) is 4.19. The number of nitrogens with zero attached hydrogens (tertiary/aromatic N) is 2. The molecule has 0 aliphatic rings. The number of carbonyl (C=O) groups excluding carboxylic acids is 2. The van der Waals surface area contributed by atoms with Crippen LogP contribution in [0, 0.1) is 0 Å². The fraction of sp³-hybridized carbons (Fsp3) is 0.308. The fourth-order valence-electron chi connectivity index (χ4n) is 3.00. The van der Waals surface area contributed by atoms with Crippen molar-refractivity contribution < 1.29 is 19.1 Å². The van der Waals surface area contributed by atoms with Gasteiger partial charge in [-0.05, 0) is 47.1 Å². The minimum Gasteiger partial charge on any atom is -0.455 e. The number of carbonyl (C=O) groups is 2. The van der Waals surface area contributed by atoms with E-state index in [9.17, 15) is 9.59 Å². The molecule has 3 rings (SSSR count). The summed E-state index contributed by atoms with van der Waals surface area (Å²) in [5, 5.41) is 0. The van der Waals surface area contributed by atoms with Crippen LogP contribution in [0.1, 0.15) is 62.5 Å². The molecular formula is C26H28N2O4. The second-order valence-electron chi connectivity index (χ2n) is 9.36. The Balaban J connectivity index is 2.32. The molecule has 0 bridgehead atoms. The molecule has 166 valence electrons. The molecule has 0 saturated carbocycles. The molecule has 1 aromatic heterocycles. The normalized spacial score (nSPS) is 11.7. The van der Waals surface area contributed by atoms with E-state index < -0.39 is 23.1 Å². The zero-order chi connectivity index (χ0) is 23.5. The van der Waals surface area contributed by atoms with Crippen molar-refractivity contribution >= 4 is 11.9 Å². The van der Waals surface area contributed by atoms with Gasteiger partial charge in [-0.3, -0.25) is 0 Å². The molecule has 0 atom stereocenters. The molecule has 0 unspecified atom stereocenters. The quantitative estimate of drug-likeness (QED) is 0.491. The summed E-state index contributed by atoms with van der Waals surface area (Å²) in [6, 6.07) is 18.2. The highest BCUT2D eigenvalue weighted by Crippen LogP contribution is 2.31. The van der Waals surface area contributed by atoms with E-state index in [4.69, 9.17) is 9.47 Å². The number of ether oxygens (including phenoxy) is 2. The summed E-state index contributed by atoms with van der Waals surface area (Å²) in [5.41, 5.74) is 0.121. The van der Waals surface area contributed by atoms with E-state index in [-0.39, 0.29) is 22.8 Å². The lowest BCUT2D eigenvalue weighted by Gasteiger charge is -2.23. The molecule has 0 N–H and O–H groups in total. The highest BCUT2D eigenvalue weighted by atomic mass is 16.6. The Morgan fingerprint density at radius 3 is 1.38 bits per heavy atom. The average Bonchev–Trinajstić information content (AvgIpc) is 2.71. The topological polar surface area (TPSA) is 78.4 Å². The number of hydrogen-bond donors (Lipinski definition) is 0. The van der Waals surface area contributed by atoms with Crippen LogP contribution in [0.2, 0.25) is 0 Å². The van der Waals surface area contributed by atoms with Crippen molar-refractivity contribution in [3.8, 4) is 22.5 Å². The van der Waals surface area contributed by atoms with E-state index in [1.807, 2.05) is 48.5 Å². The third kappa shape index (κ3) is 5.78. The standard InChI is InChI=1S/C26H28N2O4/c1-25(2,3)31-23(29)20-19(17-13-9-7-10-14-17)21(24(30)32-26(4,5)6)28-22(27-20)18-15-11-8-12-16-18/h7-16H,1-6H3. The van der Waals surface area contributed by atoms with Crippen LogP contribution < -0.4 is 0 Å². The zero-order valence-corrected chi connectivity index (χ0v) is 19.3. The van der Waals surface area contributed by atoms with Crippen LogP contribution in [0.5, 0.6) is 0 Å². The summed E-state index contributed by atoms with van der Waals surface area (Å²) in [7, 11) is 0. The Bertz CT molecular complexity index is 1060. The van der Waals surface area contributed by atoms with Crippen LogP contribution in [0.15, 0.2) is 60.7 Å². The van der Waals surface area contributed by atoms with Gasteiger partial charge in [0.15, 0.2) is 17.2 Å². The summed E-state index contributed by atoms with van der Waals surface area (Å²) in [4.78, 5) is 35.6. The molecule has 0 saturated heterocycles. The summed E-state index contributed by atoms with van der Waals surface area (Å²) >= 11 is 0. The summed E-state index contributed by atoms with van der Waals surface area (Å²) in [6.45, 7) is 10.7. The Morgan fingerprint density at radius 2 is 1.00 bits per heavy atom. The molecule has 0 spiro atoms. The lowest BCUT2D eigenvalue weighted by atomic mass is 10.0. The van der Waals surface area contributed by atoms with Gasteiger partial charge in [-0.2, -0.15) is 0 Å². The number of esters is 2. The van der Waals surface area contributed by atoms with Crippen LogP contribution >= 0.6 is 0 Å². The van der Waals surface area contributed by atoms with Gasteiger partial charge in [0.05, 0.1) is 0 Å². The summed E-state index contributed by atoms with van der Waals surface area (Å²) in [5.74, 6) is -1.03. The second kappa shape index (κ2) is 8.91. The summed E-state index contributed by atoms with van der Waals surface area (Å²) in [6.07, 6.45) is 0. The van der Waals surface area contributed by atoms with Crippen molar-refractivity contribution in [1.82, 2.24) is 9.97 Å². The van der Waals surface area contributed by atoms with Crippen molar-refractivity contribution in [2.75, 3.05) is 0 Å². The van der Waals surface area contributed by atoms with Gasteiger partial charge in [0.25, 0.3) is 0 Å². The first-order chi connectivity index (χ1) is 14.9. The van der Waals surface area contributed by atoms with Gasteiger partial charge in [-0.25, -0.2) is 19.6 Å². The van der Waals surface area contributed by atoms with E-state index in [0.29, 0.717) is 11.1 Å². The van der Waals surface area contributed by atoms with Crippen LogP contribution in [0.3, 0.4) is 0 Å². The Labute approximate surface area is 188 Å². The summed E-state index contributed by atoms with van der Waals surface area (Å²) < 4.78 is 11.3. The van der Waals surface area contributed by atoms with Crippen LogP contribution in [0.4, 0.5) is 0 Å². The SMILES string of the molecule is CC(C)(C)OC(=O)c1nc(-c2ccccc2)nc(C(=O)OC(C)(C)C)c1-c1ccccc1. The maximum Gasteiger partial charge on any atom is 0.358 e. The maximum atomic E-state index is 13.2. The lowest BCUT2D eigenvalue weighted by molar-refractivity contribution is 0.00630. The van der Waals surface area contributed by atoms with Gasteiger partial charge in [0.1, 0.15) is 11.2 Å². The smallest absolute Gasteiger partial charge is 0.358 e. The van der Waals surface area contributed by atoms with Gasteiger partial charge < -0.3 is 9.47 Å². The van der Waals surface area contributed by atoms with E-state index >= 15 is 0 Å². The monoisotopic (exact) mass is 432 g/mol. The van der Waals surface area contributed by atoms with Crippen molar-refractivity contribution in [3.05, 3.63) is 72.1 Å². The molecule has 0 amide bonds. The van der Waals surface area contributed by atoms with Gasteiger partial charge in [-0.1, -0.05) is 60.7 Å². The first-order valence-corrected chi connectivity index (χ1v) is 10.4. The molecule has 3 aromatic rings. The van der Waals surface area contributed by atoms with Crippen molar-refractivity contribution in [2.45, 2.75) is 52.7 Å². The molecule has 0 aliphatic carbocycles. The fourth-order valence-corrected chi connectivity index (χ4v) is 3.00. The van der Waals surface area contributed by atoms with E-state index in [1.165, 1.54) is 0 Å². The predicted molar refractivity (Wildman–Crippen MR) is 123 cm³/mol. The van der Waals surface area contributed by atoms with Gasteiger partial charge >= 0.3 is 11.9 Å². The van der Waals surface area contributed by atoms with Crippen LogP contribution in [-0.2, 0) is 9.47 Å². The maximum absolute atomic E-state index is 13.2. The highest BCUT2D eigenvalue weighted by Gasteiger charge is 2.31. The minimum atomic E-state index is -0.741. The first-order valence-electron chi connectivity index (χ1n) is 10.4. The number of benzene rings is 2. The Hall–Kier alpha value is -3.54. The van der Waals surface area contributed by atoms with Crippen molar-refractivity contribution in [3.63, 3.8) is 0 Å². The average molecular weight is 433 g/mol. The number of rotatable bonds is 4. The third-order valence-corrected chi connectivity index (χ3v) is 4.19. The van der Waals surface area contributed by atoms with E-state index in [0.717, 1.165) is 0 Å².